The lowest BCUT2D eigenvalue weighted by Gasteiger charge is -2.27. The quantitative estimate of drug-likeness (QED) is 0.151. The largest absolute Gasteiger partial charge is 0.310 e. The highest BCUT2D eigenvalue weighted by atomic mass is 15.2. The van der Waals surface area contributed by atoms with Gasteiger partial charge in [0.05, 0.1) is 39.1 Å². The van der Waals surface area contributed by atoms with Crippen LogP contribution in [0.3, 0.4) is 0 Å². The molecule has 0 fully saturated rings. The van der Waals surface area contributed by atoms with Crippen LogP contribution in [-0.4, -0.2) is 9.13 Å². The molecular weight excluding hydrogens is 1110 g/mol. The zero-order valence-electron chi connectivity index (χ0n) is 50.1. The Balaban J connectivity index is 0.000000132. The standard InChI is InChI=1S/2C44H28N2/c1-3-14-30(15-4-1)45(31-16-5-2-6-17-31)38-27-28-39(35-21-10-9-20-34(35)38)46-40-24-12-23-37-33-19-8-7-18-32(33)36-22-11-13-29-25-26-41(46)44(42(29)36)43(37)40;1-3-15-31(16-4-1)45(32-17-5-2-6-18-32)33-27-30-13-7-8-19-34(30)41(28-33)46-39-24-12-23-38-36-21-10-9-20-35(36)37-22-11-14-29-25-26-40(46)44(42(29)37)43(38)39/h2*1-28H. The molecule has 2 aliphatic carbocycles. The van der Waals surface area contributed by atoms with Gasteiger partial charge >= 0.3 is 0 Å². The first-order chi connectivity index (χ1) is 45.7. The van der Waals surface area contributed by atoms with E-state index in [9.17, 15) is 0 Å². The summed E-state index contributed by atoms with van der Waals surface area (Å²) in [5.74, 6) is 0. The molecule has 4 nitrogen and oxygen atoms in total. The molecule has 16 aromatic carbocycles. The number of para-hydroxylation sites is 4. The third kappa shape index (κ3) is 7.77. The fourth-order valence-electron chi connectivity index (χ4n) is 15.6. The van der Waals surface area contributed by atoms with Crippen LogP contribution in [0.1, 0.15) is 0 Å². The van der Waals surface area contributed by atoms with Gasteiger partial charge in [0.2, 0.25) is 0 Å². The Bertz CT molecular complexity index is 5930. The summed E-state index contributed by atoms with van der Waals surface area (Å²) in [7, 11) is 0. The topological polar surface area (TPSA) is 16.3 Å². The van der Waals surface area contributed by atoms with Crippen molar-refractivity contribution in [3.05, 3.63) is 340 Å². The molecular formula is C88H56N4. The first-order valence-corrected chi connectivity index (χ1v) is 31.7. The second kappa shape index (κ2) is 20.7. The lowest BCUT2D eigenvalue weighted by Crippen LogP contribution is -2.10. The van der Waals surface area contributed by atoms with E-state index in [0.717, 1.165) is 34.1 Å². The molecule has 0 amide bonds. The van der Waals surface area contributed by atoms with Crippen molar-refractivity contribution in [1.82, 2.24) is 9.13 Å². The predicted octanol–water partition coefficient (Wildman–Crippen LogP) is 24.4. The molecule has 0 saturated carbocycles. The van der Waals surface area contributed by atoms with Gasteiger partial charge in [-0.25, -0.2) is 0 Å². The molecule has 0 bridgehead atoms. The van der Waals surface area contributed by atoms with E-state index in [2.05, 4.69) is 359 Å². The van der Waals surface area contributed by atoms with Gasteiger partial charge < -0.3 is 18.9 Å². The summed E-state index contributed by atoms with van der Waals surface area (Å²) in [6.07, 6.45) is 0. The molecule has 2 aromatic heterocycles. The summed E-state index contributed by atoms with van der Waals surface area (Å²) in [6, 6.07) is 124. The Kier molecular flexibility index (Phi) is 11.6. The number of rotatable bonds is 8. The maximum Gasteiger partial charge on any atom is 0.0561 e. The highest BCUT2D eigenvalue weighted by Crippen LogP contribution is 2.53. The van der Waals surface area contributed by atoms with Crippen molar-refractivity contribution >= 4 is 121 Å². The molecule has 2 heterocycles. The number of nitrogens with zero attached hydrogens (tertiary/aromatic N) is 4. The van der Waals surface area contributed by atoms with Gasteiger partial charge in [-0.15, -0.1) is 0 Å². The SMILES string of the molecule is c1ccc(N(c2ccccc2)c2cc(-n3c4cccc5c4c4c6c(cccc6ccc43)-c3ccccc3-5)c3ccccc3c2)cc1.c1ccc(N(c2ccccc2)c2ccc(-n3c4cccc5c4c4c6c(cccc6ccc43)-c3ccccc3-5)c3ccccc23)cc1. The Morgan fingerprint density at radius 3 is 1.03 bits per heavy atom. The summed E-state index contributed by atoms with van der Waals surface area (Å²) in [6.45, 7) is 0. The third-order valence-electron chi connectivity index (χ3n) is 19.4. The highest BCUT2D eigenvalue weighted by Gasteiger charge is 2.29. The van der Waals surface area contributed by atoms with Crippen LogP contribution in [0.15, 0.2) is 340 Å². The van der Waals surface area contributed by atoms with Crippen molar-refractivity contribution in [2.24, 2.45) is 0 Å². The molecule has 0 atom stereocenters. The number of fused-ring (bicyclic) bond motifs is 8. The maximum atomic E-state index is 2.51. The number of anilines is 6. The second-order valence-corrected chi connectivity index (χ2v) is 24.2. The van der Waals surface area contributed by atoms with Crippen LogP contribution >= 0.6 is 0 Å². The van der Waals surface area contributed by atoms with Crippen molar-refractivity contribution in [1.29, 1.82) is 0 Å². The van der Waals surface area contributed by atoms with Crippen LogP contribution in [0.25, 0.3) is 143 Å². The van der Waals surface area contributed by atoms with Gasteiger partial charge in [0.25, 0.3) is 0 Å². The van der Waals surface area contributed by atoms with Gasteiger partial charge in [-0.3, -0.25) is 0 Å². The molecule has 428 valence electrons. The fourth-order valence-corrected chi connectivity index (χ4v) is 15.6. The Hall–Kier alpha value is -12.2. The second-order valence-electron chi connectivity index (χ2n) is 24.2. The first-order valence-electron chi connectivity index (χ1n) is 31.7. The summed E-state index contributed by atoms with van der Waals surface area (Å²) >= 11 is 0. The van der Waals surface area contributed by atoms with Crippen LogP contribution in [0.4, 0.5) is 34.1 Å². The normalized spacial score (nSPS) is 11.9. The zero-order chi connectivity index (χ0) is 60.4. The average molecular weight is 1170 g/mol. The van der Waals surface area contributed by atoms with E-state index in [1.165, 1.54) is 143 Å². The van der Waals surface area contributed by atoms with Crippen LogP contribution < -0.4 is 9.80 Å². The van der Waals surface area contributed by atoms with Crippen LogP contribution in [-0.2, 0) is 0 Å². The van der Waals surface area contributed by atoms with E-state index in [4.69, 9.17) is 0 Å². The average Bonchev–Trinajstić information content (AvgIpc) is 1.55. The van der Waals surface area contributed by atoms with E-state index >= 15 is 0 Å². The maximum absolute atomic E-state index is 2.51. The number of benzene rings is 16. The summed E-state index contributed by atoms with van der Waals surface area (Å²) in [5.41, 5.74) is 24.4. The van der Waals surface area contributed by atoms with Crippen molar-refractivity contribution in [2.75, 3.05) is 9.80 Å². The van der Waals surface area contributed by atoms with E-state index in [-0.39, 0.29) is 0 Å². The van der Waals surface area contributed by atoms with Gasteiger partial charge in [-0.1, -0.05) is 243 Å². The smallest absolute Gasteiger partial charge is 0.0561 e. The molecule has 0 saturated heterocycles. The van der Waals surface area contributed by atoms with E-state index < -0.39 is 0 Å². The van der Waals surface area contributed by atoms with Crippen LogP contribution in [0.2, 0.25) is 0 Å². The fraction of sp³-hybridized carbons (Fsp3) is 0. The molecule has 92 heavy (non-hydrogen) atoms. The molecule has 0 radical (unpaired) electrons. The van der Waals surface area contributed by atoms with Crippen LogP contribution in [0.5, 0.6) is 0 Å². The lowest BCUT2D eigenvalue weighted by molar-refractivity contribution is 1.19. The molecule has 0 N–H and O–H groups in total. The predicted molar refractivity (Wildman–Crippen MR) is 390 cm³/mol. The lowest BCUT2D eigenvalue weighted by atomic mass is 9.93. The summed E-state index contributed by atoms with van der Waals surface area (Å²) in [4.78, 5) is 4.73. The summed E-state index contributed by atoms with van der Waals surface area (Å²) in [5, 5.41) is 15.4. The molecule has 0 spiro atoms. The molecule has 0 aliphatic heterocycles. The van der Waals surface area contributed by atoms with Gasteiger partial charge in [-0.05, 0) is 169 Å². The van der Waals surface area contributed by atoms with E-state index in [0.29, 0.717) is 0 Å². The third-order valence-corrected chi connectivity index (χ3v) is 19.4. The van der Waals surface area contributed by atoms with Gasteiger partial charge in [0.1, 0.15) is 0 Å². The van der Waals surface area contributed by atoms with Gasteiger partial charge in [0, 0.05) is 66.1 Å². The monoisotopic (exact) mass is 1170 g/mol. The molecule has 2 aliphatic rings. The van der Waals surface area contributed by atoms with E-state index in [1.54, 1.807) is 0 Å². The number of aromatic nitrogens is 2. The van der Waals surface area contributed by atoms with Gasteiger partial charge in [0.15, 0.2) is 0 Å². The molecule has 0 unspecified atom stereocenters. The molecule has 4 heteroatoms. The minimum atomic E-state index is 1.12. The molecule has 20 rings (SSSR count). The highest BCUT2D eigenvalue weighted by molar-refractivity contribution is 6.32. The molecule has 18 aromatic rings. The Labute approximate surface area is 532 Å². The minimum Gasteiger partial charge on any atom is -0.310 e. The van der Waals surface area contributed by atoms with E-state index in [1.807, 2.05) is 0 Å². The number of hydrogen-bond acceptors (Lipinski definition) is 2. The van der Waals surface area contributed by atoms with Crippen molar-refractivity contribution < 1.29 is 0 Å². The Morgan fingerprint density at radius 2 is 0.543 bits per heavy atom. The summed E-state index contributed by atoms with van der Waals surface area (Å²) < 4.78 is 5.01. The van der Waals surface area contributed by atoms with Gasteiger partial charge in [-0.2, -0.15) is 0 Å². The van der Waals surface area contributed by atoms with Crippen LogP contribution in [0, 0.1) is 0 Å². The Morgan fingerprint density at radius 1 is 0.185 bits per heavy atom. The van der Waals surface area contributed by atoms with Crippen molar-refractivity contribution in [2.45, 2.75) is 0 Å². The van der Waals surface area contributed by atoms with Crippen molar-refractivity contribution in [3.8, 4) is 55.9 Å². The first kappa shape index (κ1) is 51.8. The minimum absolute atomic E-state index is 1.12. The zero-order valence-corrected chi connectivity index (χ0v) is 50.1. The van der Waals surface area contributed by atoms with Crippen molar-refractivity contribution in [3.63, 3.8) is 0 Å². The number of hydrogen-bond donors (Lipinski definition) is 0.